The van der Waals surface area contributed by atoms with Gasteiger partial charge in [-0.1, -0.05) is 15.9 Å². The molecule has 0 saturated heterocycles. The standard InChI is InChI=1S/C12H10BrN3O/c13-8-4-7(5-9(14)6-8)11(17)10-2-1-3-16-12(10)15/h1-6H,14H2,(H2,15,16). The molecule has 4 N–H and O–H groups in total. The Balaban J connectivity index is 2.48. The highest BCUT2D eigenvalue weighted by Gasteiger charge is 2.13. The number of nitrogen functional groups attached to an aromatic ring is 2. The van der Waals surface area contributed by atoms with Crippen LogP contribution in [0.2, 0.25) is 0 Å². The Morgan fingerprint density at radius 1 is 1.24 bits per heavy atom. The summed E-state index contributed by atoms with van der Waals surface area (Å²) in [4.78, 5) is 16.1. The Labute approximate surface area is 107 Å². The van der Waals surface area contributed by atoms with Crippen LogP contribution in [0.25, 0.3) is 0 Å². The molecule has 0 aliphatic heterocycles. The van der Waals surface area contributed by atoms with Crippen molar-refractivity contribution >= 4 is 33.2 Å². The summed E-state index contributed by atoms with van der Waals surface area (Å²) in [6, 6.07) is 8.35. The van der Waals surface area contributed by atoms with E-state index in [0.717, 1.165) is 4.47 Å². The van der Waals surface area contributed by atoms with Crippen LogP contribution < -0.4 is 11.5 Å². The number of nitrogens with two attached hydrogens (primary N) is 2. The van der Waals surface area contributed by atoms with Gasteiger partial charge in [0.25, 0.3) is 0 Å². The maximum atomic E-state index is 12.2. The van der Waals surface area contributed by atoms with E-state index in [1.807, 2.05) is 0 Å². The van der Waals surface area contributed by atoms with Gasteiger partial charge in [0, 0.05) is 21.9 Å². The first-order valence-electron chi connectivity index (χ1n) is 4.89. The summed E-state index contributed by atoms with van der Waals surface area (Å²) in [6.45, 7) is 0. The monoisotopic (exact) mass is 291 g/mol. The molecule has 0 spiro atoms. The molecule has 86 valence electrons. The van der Waals surface area contributed by atoms with Gasteiger partial charge in [-0.05, 0) is 30.3 Å². The Bertz CT molecular complexity index is 563. The molecule has 2 aromatic rings. The lowest BCUT2D eigenvalue weighted by Gasteiger charge is -2.05. The van der Waals surface area contributed by atoms with Gasteiger partial charge in [-0.25, -0.2) is 4.98 Å². The van der Waals surface area contributed by atoms with Gasteiger partial charge in [-0.3, -0.25) is 4.79 Å². The molecular formula is C12H10BrN3O. The number of anilines is 2. The third-order valence-corrected chi connectivity index (χ3v) is 2.72. The van der Waals surface area contributed by atoms with E-state index < -0.39 is 0 Å². The van der Waals surface area contributed by atoms with Crippen LogP contribution in [0.4, 0.5) is 11.5 Å². The first-order valence-corrected chi connectivity index (χ1v) is 5.68. The Hall–Kier alpha value is -1.88. The first kappa shape index (κ1) is 11.6. The number of nitrogens with zero attached hydrogens (tertiary/aromatic N) is 1. The van der Waals surface area contributed by atoms with Crippen LogP contribution >= 0.6 is 15.9 Å². The zero-order valence-corrected chi connectivity index (χ0v) is 10.4. The van der Waals surface area contributed by atoms with Crippen molar-refractivity contribution in [2.24, 2.45) is 0 Å². The van der Waals surface area contributed by atoms with E-state index in [1.165, 1.54) is 0 Å². The fourth-order valence-electron chi connectivity index (χ4n) is 1.51. The van der Waals surface area contributed by atoms with Gasteiger partial charge in [0.1, 0.15) is 5.82 Å². The van der Waals surface area contributed by atoms with E-state index in [2.05, 4.69) is 20.9 Å². The molecule has 1 aromatic carbocycles. The molecule has 0 unspecified atom stereocenters. The Morgan fingerprint density at radius 2 is 2.00 bits per heavy atom. The maximum absolute atomic E-state index is 12.2. The molecule has 17 heavy (non-hydrogen) atoms. The fraction of sp³-hybridized carbons (Fsp3) is 0. The summed E-state index contributed by atoms with van der Waals surface area (Å²) in [5, 5.41) is 0. The third kappa shape index (κ3) is 2.45. The molecule has 0 aliphatic rings. The van der Waals surface area contributed by atoms with E-state index in [-0.39, 0.29) is 11.6 Å². The smallest absolute Gasteiger partial charge is 0.196 e. The van der Waals surface area contributed by atoms with Crippen molar-refractivity contribution in [3.63, 3.8) is 0 Å². The summed E-state index contributed by atoms with van der Waals surface area (Å²) in [6.07, 6.45) is 1.54. The van der Waals surface area contributed by atoms with Crippen LogP contribution in [-0.2, 0) is 0 Å². The van der Waals surface area contributed by atoms with Crippen molar-refractivity contribution in [3.8, 4) is 0 Å². The number of benzene rings is 1. The van der Waals surface area contributed by atoms with Crippen molar-refractivity contribution < 1.29 is 4.79 Å². The number of rotatable bonds is 2. The van der Waals surface area contributed by atoms with Gasteiger partial charge in [0.2, 0.25) is 0 Å². The number of hydrogen-bond acceptors (Lipinski definition) is 4. The average molecular weight is 292 g/mol. The summed E-state index contributed by atoms with van der Waals surface area (Å²) >= 11 is 3.29. The van der Waals surface area contributed by atoms with Crippen molar-refractivity contribution in [1.82, 2.24) is 4.98 Å². The third-order valence-electron chi connectivity index (χ3n) is 2.27. The van der Waals surface area contributed by atoms with Gasteiger partial charge in [0.05, 0.1) is 5.56 Å². The number of pyridine rings is 1. The van der Waals surface area contributed by atoms with Crippen LogP contribution in [0.3, 0.4) is 0 Å². The predicted molar refractivity (Wildman–Crippen MR) is 70.6 cm³/mol. The minimum Gasteiger partial charge on any atom is -0.399 e. The second-order valence-electron chi connectivity index (χ2n) is 3.54. The zero-order chi connectivity index (χ0) is 12.4. The van der Waals surface area contributed by atoms with E-state index >= 15 is 0 Å². The van der Waals surface area contributed by atoms with Crippen LogP contribution in [0.1, 0.15) is 15.9 Å². The van der Waals surface area contributed by atoms with Gasteiger partial charge in [-0.2, -0.15) is 0 Å². The molecule has 0 aliphatic carbocycles. The normalized spacial score (nSPS) is 10.2. The number of aromatic nitrogens is 1. The molecule has 0 saturated carbocycles. The number of carbonyl (C=O) groups is 1. The SMILES string of the molecule is Nc1cc(Br)cc(C(=O)c2cccnc2N)c1. The number of ketones is 1. The highest BCUT2D eigenvalue weighted by Crippen LogP contribution is 2.21. The highest BCUT2D eigenvalue weighted by atomic mass is 79.9. The lowest BCUT2D eigenvalue weighted by molar-refractivity contribution is 0.103. The molecule has 4 nitrogen and oxygen atoms in total. The summed E-state index contributed by atoms with van der Waals surface area (Å²) in [7, 11) is 0. The van der Waals surface area contributed by atoms with E-state index in [0.29, 0.717) is 16.8 Å². The van der Waals surface area contributed by atoms with Crippen molar-refractivity contribution in [2.45, 2.75) is 0 Å². The topological polar surface area (TPSA) is 82.0 Å². The summed E-state index contributed by atoms with van der Waals surface area (Å²) in [5.74, 6) is 0.0275. The predicted octanol–water partition coefficient (Wildman–Crippen LogP) is 2.24. The van der Waals surface area contributed by atoms with Crippen LogP contribution in [-0.4, -0.2) is 10.8 Å². The molecule has 5 heteroatoms. The number of hydrogen-bond donors (Lipinski definition) is 2. The van der Waals surface area contributed by atoms with Crippen LogP contribution in [0.5, 0.6) is 0 Å². The highest BCUT2D eigenvalue weighted by molar-refractivity contribution is 9.10. The molecule has 0 atom stereocenters. The van der Waals surface area contributed by atoms with E-state index in [4.69, 9.17) is 11.5 Å². The average Bonchev–Trinajstić information content (AvgIpc) is 2.27. The minimum atomic E-state index is -0.191. The Morgan fingerprint density at radius 3 is 2.65 bits per heavy atom. The first-order chi connectivity index (χ1) is 8.08. The number of halogens is 1. The minimum absolute atomic E-state index is 0.191. The molecule has 0 amide bonds. The van der Waals surface area contributed by atoms with Gasteiger partial charge in [0.15, 0.2) is 5.78 Å². The fourth-order valence-corrected chi connectivity index (χ4v) is 2.02. The van der Waals surface area contributed by atoms with Crippen LogP contribution in [0.15, 0.2) is 41.0 Å². The van der Waals surface area contributed by atoms with Crippen LogP contribution in [0, 0.1) is 0 Å². The van der Waals surface area contributed by atoms with Gasteiger partial charge >= 0.3 is 0 Å². The van der Waals surface area contributed by atoms with Gasteiger partial charge in [-0.15, -0.1) is 0 Å². The molecule has 2 rings (SSSR count). The molecular weight excluding hydrogens is 282 g/mol. The van der Waals surface area contributed by atoms with Gasteiger partial charge < -0.3 is 11.5 Å². The van der Waals surface area contributed by atoms with E-state index in [1.54, 1.807) is 36.5 Å². The quantitative estimate of drug-likeness (QED) is 0.657. The second kappa shape index (κ2) is 4.55. The molecule has 1 aromatic heterocycles. The molecule has 0 bridgehead atoms. The largest absolute Gasteiger partial charge is 0.399 e. The number of carbonyl (C=O) groups excluding carboxylic acids is 1. The van der Waals surface area contributed by atoms with Crippen molar-refractivity contribution in [2.75, 3.05) is 11.5 Å². The van der Waals surface area contributed by atoms with Crippen molar-refractivity contribution in [3.05, 3.63) is 52.1 Å². The molecule has 0 radical (unpaired) electrons. The van der Waals surface area contributed by atoms with E-state index in [9.17, 15) is 4.79 Å². The molecule has 1 heterocycles. The summed E-state index contributed by atoms with van der Waals surface area (Å²) < 4.78 is 0.753. The lowest BCUT2D eigenvalue weighted by Crippen LogP contribution is -2.07. The second-order valence-corrected chi connectivity index (χ2v) is 4.45. The Kier molecular flexibility index (Phi) is 3.10. The maximum Gasteiger partial charge on any atom is 0.196 e. The summed E-state index contributed by atoms with van der Waals surface area (Å²) in [5.41, 5.74) is 12.7. The molecule has 0 fully saturated rings. The zero-order valence-electron chi connectivity index (χ0n) is 8.85. The lowest BCUT2D eigenvalue weighted by atomic mass is 10.0. The van der Waals surface area contributed by atoms with Crippen molar-refractivity contribution in [1.29, 1.82) is 0 Å².